The van der Waals surface area contributed by atoms with Crippen molar-refractivity contribution in [3.05, 3.63) is 199 Å². The monoisotopic (exact) mass is 886 g/mol. The molecule has 0 radical (unpaired) electrons. The van der Waals surface area contributed by atoms with Crippen LogP contribution in [-0.2, 0) is 44.4 Å². The fourth-order valence-electron chi connectivity index (χ4n) is 8.88. The molecule has 0 bridgehead atoms. The molecule has 0 heterocycles. The topological polar surface area (TPSA) is 0 Å². The van der Waals surface area contributed by atoms with Crippen LogP contribution < -0.4 is 0 Å². The predicted molar refractivity (Wildman–Crippen MR) is 230 cm³/mol. The van der Waals surface area contributed by atoms with Gasteiger partial charge in [-0.15, -0.1) is 0 Å². The third-order valence-corrected chi connectivity index (χ3v) is 20.1. The van der Waals surface area contributed by atoms with Crippen molar-refractivity contribution >= 4 is 3.21 Å². The van der Waals surface area contributed by atoms with E-state index in [2.05, 4.69) is 102 Å². The molecule has 0 aliphatic heterocycles. The summed E-state index contributed by atoms with van der Waals surface area (Å²) < 4.78 is 86.2. The molecule has 0 amide bonds. The van der Waals surface area contributed by atoms with Crippen LogP contribution in [-0.4, -0.2) is 3.21 Å². The first-order valence-electron chi connectivity index (χ1n) is 20.2. The van der Waals surface area contributed by atoms with Crippen molar-refractivity contribution in [2.24, 2.45) is 0 Å². The Balaban J connectivity index is 1.54. The molecule has 0 N–H and O–H groups in total. The van der Waals surface area contributed by atoms with Gasteiger partial charge in [0.25, 0.3) is 0 Å². The Morgan fingerprint density at radius 3 is 1.23 bits per heavy atom. The second-order valence-corrected chi connectivity index (χ2v) is 24.2. The number of hydrogen-bond donors (Lipinski definition) is 0. The van der Waals surface area contributed by atoms with Crippen LogP contribution in [0.3, 0.4) is 0 Å². The zero-order chi connectivity index (χ0) is 42.8. The molecule has 0 fully saturated rings. The fraction of sp³-hybridized carbons (Fsp3) is 0.226. The van der Waals surface area contributed by atoms with Crippen molar-refractivity contribution in [2.45, 2.75) is 74.8 Å². The van der Waals surface area contributed by atoms with Crippen LogP contribution in [0.25, 0.3) is 33.4 Å². The molecule has 2 aliphatic rings. The van der Waals surface area contributed by atoms with Crippen LogP contribution in [0.5, 0.6) is 0 Å². The van der Waals surface area contributed by atoms with Gasteiger partial charge >= 0.3 is 358 Å². The third-order valence-electron chi connectivity index (χ3n) is 11.8. The van der Waals surface area contributed by atoms with Crippen LogP contribution in [0, 0.1) is 0 Å². The summed E-state index contributed by atoms with van der Waals surface area (Å²) >= 11 is -3.60. The molecule has 0 aromatic heterocycles. The number of halogens is 6. The first kappa shape index (κ1) is 41.8. The van der Waals surface area contributed by atoms with Crippen molar-refractivity contribution < 1.29 is 47.6 Å². The summed E-state index contributed by atoms with van der Waals surface area (Å²) in [5.41, 5.74) is 10.6. The molecule has 6 aromatic rings. The quantitative estimate of drug-likeness (QED) is 0.146. The fourth-order valence-corrected chi connectivity index (χ4v) is 17.8. The van der Waals surface area contributed by atoms with Gasteiger partial charge in [0.1, 0.15) is 0 Å². The molecule has 0 spiro atoms. The van der Waals surface area contributed by atoms with Crippen molar-refractivity contribution in [3.63, 3.8) is 0 Å². The average Bonchev–Trinajstić information content (AvgIpc) is 3.85. The van der Waals surface area contributed by atoms with Crippen molar-refractivity contribution in [3.8, 4) is 33.4 Å². The summed E-state index contributed by atoms with van der Waals surface area (Å²) in [4.78, 5) is 0. The van der Waals surface area contributed by atoms with Gasteiger partial charge in [0.15, 0.2) is 0 Å². The van der Waals surface area contributed by atoms with E-state index in [0.29, 0.717) is 17.5 Å². The van der Waals surface area contributed by atoms with Crippen LogP contribution in [0.2, 0.25) is 0 Å². The Morgan fingerprint density at radius 2 is 0.900 bits per heavy atom. The normalized spacial score (nSPS) is 14.2. The van der Waals surface area contributed by atoms with Crippen molar-refractivity contribution in [2.75, 3.05) is 0 Å². The van der Waals surface area contributed by atoms with E-state index in [1.54, 1.807) is 0 Å². The van der Waals surface area contributed by atoms with E-state index in [1.165, 1.54) is 38.7 Å². The second kappa shape index (κ2) is 15.6. The molecule has 0 saturated heterocycles. The molecule has 0 unspecified atom stereocenters. The zero-order valence-electron chi connectivity index (χ0n) is 34.5. The van der Waals surface area contributed by atoms with E-state index in [-0.39, 0.29) is 14.5 Å². The van der Waals surface area contributed by atoms with Gasteiger partial charge in [0, 0.05) is 0 Å². The Hall–Kier alpha value is -4.87. The molecular formula is C53H46F6Zr. The van der Waals surface area contributed by atoms with E-state index in [9.17, 15) is 26.3 Å². The molecule has 304 valence electrons. The van der Waals surface area contributed by atoms with E-state index in [0.717, 1.165) is 72.0 Å². The minimum absolute atomic E-state index is 0.170. The van der Waals surface area contributed by atoms with Gasteiger partial charge in [0.2, 0.25) is 0 Å². The van der Waals surface area contributed by atoms with Crippen LogP contribution in [0.4, 0.5) is 26.3 Å². The zero-order valence-corrected chi connectivity index (χ0v) is 36.9. The van der Waals surface area contributed by atoms with Crippen molar-refractivity contribution in [1.82, 2.24) is 0 Å². The van der Waals surface area contributed by atoms with E-state index in [4.69, 9.17) is 0 Å². The molecule has 0 saturated carbocycles. The maximum atomic E-state index is 14.1. The van der Waals surface area contributed by atoms with Crippen LogP contribution in [0.15, 0.2) is 155 Å². The maximum absolute atomic E-state index is 14.1. The predicted octanol–water partition coefficient (Wildman–Crippen LogP) is 15.5. The number of alkyl halides is 6. The van der Waals surface area contributed by atoms with Gasteiger partial charge in [0.05, 0.1) is 0 Å². The van der Waals surface area contributed by atoms with Gasteiger partial charge in [-0.05, 0) is 0 Å². The minimum atomic E-state index is -4.55. The molecule has 0 atom stereocenters. The standard InChI is InChI=1S/C33H33.C15H8F6.C5H5.Zr/c1-32(2,3)30-20-26-24(18-28(30)22-13-9-7-10-14-22)17-25-19-29(23-15-11-8-12-16-23)31(21-27(25)26)33(4,5)6;16-14(17,18)12-5-1-10(2-6-12)9-11-3-7-13(8-4-11)15(19,20)21;1-2-4-5-3-1;/h7-21H,1-6H3;1-8H;1-3H,4H2;. The molecule has 7 heteroatoms. The molecular weight excluding hydrogens is 842 g/mol. The summed E-state index contributed by atoms with van der Waals surface area (Å²) in [7, 11) is 0. The third kappa shape index (κ3) is 8.03. The van der Waals surface area contributed by atoms with Gasteiger partial charge in [-0.25, -0.2) is 0 Å². The molecule has 2 aliphatic carbocycles. The molecule has 0 nitrogen and oxygen atoms in total. The molecule has 60 heavy (non-hydrogen) atoms. The molecule has 8 rings (SSSR count). The first-order chi connectivity index (χ1) is 28.3. The first-order valence-corrected chi connectivity index (χ1v) is 24.1. The van der Waals surface area contributed by atoms with E-state index < -0.39 is 44.7 Å². The van der Waals surface area contributed by atoms with E-state index in [1.807, 2.05) is 42.5 Å². The summed E-state index contributed by atoms with van der Waals surface area (Å²) in [6.07, 6.45) is -2.12. The average molecular weight is 888 g/mol. The van der Waals surface area contributed by atoms with Gasteiger partial charge in [-0.1, -0.05) is 0 Å². The summed E-state index contributed by atoms with van der Waals surface area (Å²) in [5, 5.41) is 0. The Morgan fingerprint density at radius 1 is 0.500 bits per heavy atom. The van der Waals surface area contributed by atoms with Crippen molar-refractivity contribution in [1.29, 1.82) is 0 Å². The molecule has 6 aromatic carbocycles. The summed E-state index contributed by atoms with van der Waals surface area (Å²) in [6, 6.07) is 40.6. The van der Waals surface area contributed by atoms with Crippen LogP contribution >= 0.6 is 0 Å². The SMILES string of the molecule is CC(C)(C)c1cc2c(cc1-c1ccccc1)[CH]([Zr]([C]1=CC=CC1)=[C](c1ccc(C(F)(F)F)cc1)c1ccc(C(F)(F)F)cc1)c1cc(-c3ccccc3)c(C(C)(C)C)cc1-2. The van der Waals surface area contributed by atoms with Gasteiger partial charge in [-0.3, -0.25) is 0 Å². The van der Waals surface area contributed by atoms with E-state index >= 15 is 0 Å². The summed E-state index contributed by atoms with van der Waals surface area (Å²) in [5.74, 6) is 0. The second-order valence-electron chi connectivity index (χ2n) is 17.9. The number of hydrogen-bond acceptors (Lipinski definition) is 0. The van der Waals surface area contributed by atoms with Gasteiger partial charge < -0.3 is 0 Å². The Bertz CT molecular complexity index is 2500. The van der Waals surface area contributed by atoms with Crippen LogP contribution in [0.1, 0.15) is 96.1 Å². The van der Waals surface area contributed by atoms with Gasteiger partial charge in [-0.2, -0.15) is 0 Å². The summed E-state index contributed by atoms with van der Waals surface area (Å²) in [6.45, 7) is 13.4. The number of rotatable bonds is 6. The Labute approximate surface area is 356 Å². The number of fused-ring (bicyclic) bond motifs is 3. The number of allylic oxidation sites excluding steroid dienone is 4. The Kier molecular flexibility index (Phi) is 10.8. The number of benzene rings is 6.